The number of ether oxygens (including phenoxy) is 2. The van der Waals surface area contributed by atoms with Crippen molar-refractivity contribution < 1.29 is 19.0 Å². The number of hydrogen-bond donors (Lipinski definition) is 1. The lowest BCUT2D eigenvalue weighted by Crippen LogP contribution is -2.12. The van der Waals surface area contributed by atoms with Gasteiger partial charge in [0.25, 0.3) is 0 Å². The predicted molar refractivity (Wildman–Crippen MR) is 132 cm³/mol. The average Bonchev–Trinajstić information content (AvgIpc) is 2.85. The molecule has 0 bridgehead atoms. The van der Waals surface area contributed by atoms with E-state index in [0.29, 0.717) is 39.6 Å². The Hall–Kier alpha value is -3.38. The Morgan fingerprint density at radius 2 is 1.76 bits per heavy atom. The molecular weight excluding hydrogens is 455 g/mol. The van der Waals surface area contributed by atoms with Crippen LogP contribution >= 0.6 is 11.6 Å². The summed E-state index contributed by atoms with van der Waals surface area (Å²) in [5.41, 5.74) is 3.38. The van der Waals surface area contributed by atoms with Gasteiger partial charge in [0.2, 0.25) is 0 Å². The monoisotopic (exact) mass is 480 g/mol. The van der Waals surface area contributed by atoms with Gasteiger partial charge >= 0.3 is 0 Å². The molecule has 0 fully saturated rings. The number of phenols is 1. The van der Waals surface area contributed by atoms with Crippen molar-refractivity contribution in [1.82, 2.24) is 9.97 Å². The molecule has 2 heterocycles. The summed E-state index contributed by atoms with van der Waals surface area (Å²) < 4.78 is 26.8. The number of aromatic nitrogens is 2. The van der Waals surface area contributed by atoms with Crippen LogP contribution in [-0.2, 0) is 12.8 Å². The molecule has 1 unspecified atom stereocenters. The number of methoxy groups -OCH3 is 2. The molecule has 0 amide bonds. The van der Waals surface area contributed by atoms with E-state index in [2.05, 4.69) is 9.97 Å². The van der Waals surface area contributed by atoms with Crippen LogP contribution in [0, 0.1) is 12.7 Å². The van der Waals surface area contributed by atoms with Crippen molar-refractivity contribution >= 4 is 22.5 Å². The van der Waals surface area contributed by atoms with Gasteiger partial charge in [-0.25, -0.2) is 4.39 Å². The first kappa shape index (κ1) is 23.8. The summed E-state index contributed by atoms with van der Waals surface area (Å²) >= 11 is 6.18. The molecule has 0 aliphatic carbocycles. The summed E-state index contributed by atoms with van der Waals surface area (Å²) in [5.74, 6) is 0.218. The van der Waals surface area contributed by atoms with Crippen LogP contribution in [0.15, 0.2) is 48.8 Å². The van der Waals surface area contributed by atoms with Crippen LogP contribution in [0.4, 0.5) is 4.39 Å². The fourth-order valence-corrected chi connectivity index (χ4v) is 4.70. The van der Waals surface area contributed by atoms with Crippen LogP contribution in [0.1, 0.15) is 40.8 Å². The standard InChI is InChI=1S/C27H26ClFN2O3/c1-5-17-21(28)14-31-22(23(17)29)13-20(19-10-8-15(2)26(33-3)27(19)34-4)18-11-9-16-7-6-12-30-24(16)25(18)32/h6-12,14,20,32H,5,13H2,1-4H3. The molecule has 1 atom stereocenters. The highest BCUT2D eigenvalue weighted by atomic mass is 35.5. The summed E-state index contributed by atoms with van der Waals surface area (Å²) in [6, 6.07) is 11.3. The van der Waals surface area contributed by atoms with Crippen LogP contribution in [-0.4, -0.2) is 29.3 Å². The first-order chi connectivity index (χ1) is 16.4. The maximum absolute atomic E-state index is 15.4. The van der Waals surface area contributed by atoms with Crippen LogP contribution in [0.5, 0.6) is 17.2 Å². The highest BCUT2D eigenvalue weighted by Crippen LogP contribution is 2.45. The highest BCUT2D eigenvalue weighted by molar-refractivity contribution is 6.31. The van der Waals surface area contributed by atoms with E-state index in [4.69, 9.17) is 21.1 Å². The number of hydrogen-bond acceptors (Lipinski definition) is 5. The van der Waals surface area contributed by atoms with Gasteiger partial charge in [-0.1, -0.05) is 48.9 Å². The van der Waals surface area contributed by atoms with E-state index < -0.39 is 11.7 Å². The zero-order valence-electron chi connectivity index (χ0n) is 19.5. The van der Waals surface area contributed by atoms with Crippen LogP contribution in [0.25, 0.3) is 10.9 Å². The number of rotatable bonds is 7. The molecule has 2 aromatic carbocycles. The van der Waals surface area contributed by atoms with Gasteiger partial charge in [-0.2, -0.15) is 0 Å². The van der Waals surface area contributed by atoms with Gasteiger partial charge in [0.15, 0.2) is 11.5 Å². The maximum atomic E-state index is 15.4. The van der Waals surface area contributed by atoms with E-state index >= 15 is 4.39 Å². The number of benzene rings is 2. The third kappa shape index (κ3) is 4.14. The van der Waals surface area contributed by atoms with Crippen LogP contribution < -0.4 is 9.47 Å². The Bertz CT molecular complexity index is 1360. The van der Waals surface area contributed by atoms with Gasteiger partial charge in [0.05, 0.1) is 24.9 Å². The molecular formula is C27H26ClFN2O3. The highest BCUT2D eigenvalue weighted by Gasteiger charge is 2.28. The lowest BCUT2D eigenvalue weighted by Gasteiger charge is -2.24. The Labute approximate surface area is 203 Å². The molecule has 0 saturated carbocycles. The number of nitrogens with zero attached hydrogens (tertiary/aromatic N) is 2. The Morgan fingerprint density at radius 3 is 2.47 bits per heavy atom. The number of phenolic OH excluding ortho intramolecular Hbond substituents is 1. The van der Waals surface area contributed by atoms with Crippen molar-refractivity contribution in [3.05, 3.63) is 87.6 Å². The van der Waals surface area contributed by atoms with Gasteiger partial charge in [-0.05, 0) is 25.0 Å². The average molecular weight is 481 g/mol. The second-order valence-electron chi connectivity index (χ2n) is 8.07. The van der Waals surface area contributed by atoms with Crippen molar-refractivity contribution in [1.29, 1.82) is 0 Å². The quantitative estimate of drug-likeness (QED) is 0.332. The number of halogens is 2. The molecule has 2 aromatic heterocycles. The molecule has 4 rings (SSSR count). The second kappa shape index (κ2) is 9.85. The van der Waals surface area contributed by atoms with E-state index in [-0.39, 0.29) is 17.9 Å². The van der Waals surface area contributed by atoms with Gasteiger partial charge < -0.3 is 14.6 Å². The minimum Gasteiger partial charge on any atom is -0.505 e. The number of fused-ring (bicyclic) bond motifs is 1. The number of aryl methyl sites for hydroxylation is 1. The molecule has 0 radical (unpaired) electrons. The Morgan fingerprint density at radius 1 is 1.03 bits per heavy atom. The fraction of sp³-hybridized carbons (Fsp3) is 0.259. The predicted octanol–water partition coefficient (Wildman–Crippen LogP) is 6.39. The van der Waals surface area contributed by atoms with Crippen molar-refractivity contribution in [3.8, 4) is 17.2 Å². The maximum Gasteiger partial charge on any atom is 0.164 e. The third-order valence-corrected chi connectivity index (χ3v) is 6.49. The van der Waals surface area contributed by atoms with E-state index in [9.17, 15) is 5.11 Å². The van der Waals surface area contributed by atoms with Gasteiger partial charge in [0.1, 0.15) is 17.1 Å². The first-order valence-corrected chi connectivity index (χ1v) is 11.4. The van der Waals surface area contributed by atoms with E-state index in [1.54, 1.807) is 20.4 Å². The molecule has 0 spiro atoms. The Kier molecular flexibility index (Phi) is 6.89. The van der Waals surface area contributed by atoms with Crippen molar-refractivity contribution in [2.75, 3.05) is 14.2 Å². The van der Waals surface area contributed by atoms with Gasteiger partial charge in [-0.15, -0.1) is 0 Å². The summed E-state index contributed by atoms with van der Waals surface area (Å²) in [7, 11) is 3.14. The summed E-state index contributed by atoms with van der Waals surface area (Å²) in [5, 5.41) is 12.4. The van der Waals surface area contributed by atoms with E-state index in [1.807, 2.05) is 50.2 Å². The second-order valence-corrected chi connectivity index (χ2v) is 8.48. The molecule has 34 heavy (non-hydrogen) atoms. The minimum absolute atomic E-state index is 0.0368. The first-order valence-electron chi connectivity index (χ1n) is 11.0. The number of pyridine rings is 2. The number of aromatic hydroxyl groups is 1. The van der Waals surface area contributed by atoms with Crippen LogP contribution in [0.2, 0.25) is 5.02 Å². The Balaban J connectivity index is 1.97. The molecule has 0 aliphatic rings. The normalized spacial score (nSPS) is 12.1. The molecule has 5 nitrogen and oxygen atoms in total. The molecule has 0 saturated heterocycles. The van der Waals surface area contributed by atoms with Crippen molar-refractivity contribution in [2.24, 2.45) is 0 Å². The molecule has 176 valence electrons. The zero-order chi connectivity index (χ0) is 24.4. The summed E-state index contributed by atoms with van der Waals surface area (Å²) in [6.07, 6.45) is 3.72. The summed E-state index contributed by atoms with van der Waals surface area (Å²) in [4.78, 5) is 8.67. The molecule has 0 aliphatic heterocycles. The minimum atomic E-state index is -0.497. The zero-order valence-corrected chi connectivity index (χ0v) is 20.3. The van der Waals surface area contributed by atoms with Crippen LogP contribution in [0.3, 0.4) is 0 Å². The topological polar surface area (TPSA) is 64.5 Å². The molecule has 1 N–H and O–H groups in total. The SMILES string of the molecule is CCc1c(Cl)cnc(CC(c2ccc(C)c(OC)c2OC)c2ccc3cccnc3c2O)c1F. The molecule has 7 heteroatoms. The van der Waals surface area contributed by atoms with Crippen molar-refractivity contribution in [3.63, 3.8) is 0 Å². The molecule has 4 aromatic rings. The fourth-order valence-electron chi connectivity index (χ4n) is 4.44. The third-order valence-electron chi connectivity index (χ3n) is 6.17. The lowest BCUT2D eigenvalue weighted by atomic mass is 9.84. The lowest BCUT2D eigenvalue weighted by molar-refractivity contribution is 0.348. The smallest absolute Gasteiger partial charge is 0.164 e. The largest absolute Gasteiger partial charge is 0.505 e. The van der Waals surface area contributed by atoms with Gasteiger partial charge in [0, 0.05) is 46.8 Å². The van der Waals surface area contributed by atoms with Gasteiger partial charge in [-0.3, -0.25) is 9.97 Å². The van der Waals surface area contributed by atoms with Crippen molar-refractivity contribution in [2.45, 2.75) is 32.6 Å². The summed E-state index contributed by atoms with van der Waals surface area (Å²) in [6.45, 7) is 3.77. The van der Waals surface area contributed by atoms with E-state index in [1.165, 1.54) is 6.20 Å². The van der Waals surface area contributed by atoms with E-state index in [0.717, 1.165) is 16.5 Å².